The number of aliphatic hydroxyl groups excluding tert-OH is 1. The summed E-state index contributed by atoms with van der Waals surface area (Å²) < 4.78 is 14.7. The van der Waals surface area contributed by atoms with Gasteiger partial charge in [-0.05, 0) is 66.3 Å². The smallest absolute Gasteiger partial charge is 0.335 e. The summed E-state index contributed by atoms with van der Waals surface area (Å²) in [6, 6.07) is 15.5. The topological polar surface area (TPSA) is 120 Å². The van der Waals surface area contributed by atoms with Crippen molar-refractivity contribution in [2.24, 2.45) is 5.16 Å². The molecule has 0 radical (unpaired) electrons. The average Bonchev–Trinajstić information content (AvgIpc) is 3.52. The molecule has 3 heterocycles. The number of aliphatic hydroxyl groups is 1. The van der Waals surface area contributed by atoms with E-state index in [1.807, 2.05) is 18.2 Å². The van der Waals surface area contributed by atoms with Crippen LogP contribution in [0.4, 0.5) is 10.1 Å². The molecule has 0 spiro atoms. The Morgan fingerprint density at radius 2 is 1.73 bits per heavy atom. The van der Waals surface area contributed by atoms with Crippen LogP contribution in [0.3, 0.4) is 0 Å². The summed E-state index contributed by atoms with van der Waals surface area (Å²) in [5, 5.41) is 23.2. The number of Topliss-reactive ketones (excluding diaryl/α,β-unsaturated/α-hetero) is 1. The first-order valence-electron chi connectivity index (χ1n) is 14.6. The number of hydrogen-bond donors (Lipinski definition) is 2. The Hall–Kier alpha value is -4.28. The van der Waals surface area contributed by atoms with Crippen molar-refractivity contribution < 1.29 is 33.8 Å². The van der Waals surface area contributed by atoms with Crippen molar-refractivity contribution >= 4 is 40.7 Å². The summed E-state index contributed by atoms with van der Waals surface area (Å²) in [5.41, 5.74) is 3.85. The molecular formula is C33H31ClFN3O6. The second kappa shape index (κ2) is 12.4. The number of carboxylic acid groups (broad SMARTS) is 1. The predicted molar refractivity (Wildman–Crippen MR) is 162 cm³/mol. The molecule has 0 bridgehead atoms. The number of amides is 1. The molecule has 1 saturated heterocycles. The SMILES string of the molecule is O=C(O)c1ccc(CC(=O)[C@@H]2c3cccc(N4CCC(O)CC4)c3CCN2C(=O)[C@H]2CC(c3cccc(Cl)c3F)=NO2)cc1. The lowest BCUT2D eigenvalue weighted by Crippen LogP contribution is -2.48. The van der Waals surface area contributed by atoms with Crippen LogP contribution in [0, 0.1) is 5.82 Å². The first kappa shape index (κ1) is 29.8. The molecule has 44 heavy (non-hydrogen) atoms. The van der Waals surface area contributed by atoms with Crippen LogP contribution in [-0.2, 0) is 27.3 Å². The number of carbonyl (C=O) groups is 3. The number of ketones is 1. The molecule has 6 rings (SSSR count). The lowest BCUT2D eigenvalue weighted by atomic mass is 9.86. The highest BCUT2D eigenvalue weighted by Gasteiger charge is 2.42. The number of rotatable bonds is 7. The largest absolute Gasteiger partial charge is 0.478 e. The fraction of sp³-hybridized carbons (Fsp3) is 0.333. The molecule has 0 aromatic heterocycles. The van der Waals surface area contributed by atoms with Crippen LogP contribution < -0.4 is 4.90 Å². The zero-order chi connectivity index (χ0) is 31.0. The number of benzene rings is 3. The van der Waals surface area contributed by atoms with Gasteiger partial charge >= 0.3 is 5.97 Å². The van der Waals surface area contributed by atoms with Gasteiger partial charge in [-0.15, -0.1) is 0 Å². The van der Waals surface area contributed by atoms with Gasteiger partial charge in [0.2, 0.25) is 6.10 Å². The van der Waals surface area contributed by atoms with Crippen LogP contribution in [0.5, 0.6) is 0 Å². The van der Waals surface area contributed by atoms with E-state index in [-0.39, 0.29) is 53.1 Å². The van der Waals surface area contributed by atoms with E-state index in [9.17, 15) is 29.0 Å². The van der Waals surface area contributed by atoms with Crippen LogP contribution in [-0.4, -0.2) is 70.3 Å². The quantitative estimate of drug-likeness (QED) is 0.398. The van der Waals surface area contributed by atoms with Gasteiger partial charge in [0.15, 0.2) is 11.6 Å². The summed E-state index contributed by atoms with van der Waals surface area (Å²) in [6.45, 7) is 1.63. The Bertz CT molecular complexity index is 1640. The number of halogens is 2. The molecule has 0 unspecified atom stereocenters. The zero-order valence-electron chi connectivity index (χ0n) is 23.8. The molecule has 1 amide bonds. The highest BCUT2D eigenvalue weighted by Crippen LogP contribution is 2.39. The Labute approximate surface area is 258 Å². The summed E-state index contributed by atoms with van der Waals surface area (Å²) >= 11 is 5.95. The normalized spacial score (nSPS) is 20.1. The van der Waals surface area contributed by atoms with Gasteiger partial charge in [-0.3, -0.25) is 9.59 Å². The first-order chi connectivity index (χ1) is 21.2. The lowest BCUT2D eigenvalue weighted by Gasteiger charge is -2.40. The number of piperidine rings is 1. The average molecular weight is 620 g/mol. The molecule has 2 N–H and O–H groups in total. The van der Waals surface area contributed by atoms with E-state index in [1.54, 1.807) is 18.2 Å². The number of fused-ring (bicyclic) bond motifs is 1. The molecule has 0 aliphatic carbocycles. The highest BCUT2D eigenvalue weighted by molar-refractivity contribution is 6.31. The molecule has 3 aliphatic heterocycles. The van der Waals surface area contributed by atoms with Crippen LogP contribution in [0.25, 0.3) is 0 Å². The van der Waals surface area contributed by atoms with Gasteiger partial charge in [-0.25, -0.2) is 9.18 Å². The second-order valence-corrected chi connectivity index (χ2v) is 11.7. The number of nitrogens with zero attached hydrogens (tertiary/aromatic N) is 3. The van der Waals surface area contributed by atoms with Gasteiger partial charge in [0, 0.05) is 43.7 Å². The maximum atomic E-state index is 14.7. The van der Waals surface area contributed by atoms with Crippen molar-refractivity contribution in [1.29, 1.82) is 0 Å². The van der Waals surface area contributed by atoms with E-state index in [1.165, 1.54) is 29.2 Å². The highest BCUT2D eigenvalue weighted by atomic mass is 35.5. The Morgan fingerprint density at radius 3 is 2.45 bits per heavy atom. The van der Waals surface area contributed by atoms with Crippen molar-refractivity contribution in [2.45, 2.75) is 50.4 Å². The predicted octanol–water partition coefficient (Wildman–Crippen LogP) is 4.57. The summed E-state index contributed by atoms with van der Waals surface area (Å²) in [5.74, 6) is -2.36. The molecule has 228 valence electrons. The number of oxime groups is 1. The summed E-state index contributed by atoms with van der Waals surface area (Å²) in [4.78, 5) is 48.7. The molecule has 3 aliphatic rings. The van der Waals surface area contributed by atoms with Crippen LogP contribution >= 0.6 is 11.6 Å². The second-order valence-electron chi connectivity index (χ2n) is 11.3. The van der Waals surface area contributed by atoms with Crippen molar-refractivity contribution in [3.8, 4) is 0 Å². The first-order valence-corrected chi connectivity index (χ1v) is 15.0. The van der Waals surface area contributed by atoms with E-state index in [0.717, 1.165) is 16.8 Å². The third-order valence-electron chi connectivity index (χ3n) is 8.58. The zero-order valence-corrected chi connectivity index (χ0v) is 24.5. The standard InChI is InChI=1S/C33H31ClFN3O6/c34-25-5-1-4-24(30(25)35)26-18-29(44-36-26)32(41)38-16-13-22-23(3-2-6-27(22)37-14-11-21(39)12-15-37)31(38)28(40)17-19-7-9-20(10-8-19)33(42)43/h1-10,21,29,31,39H,11-18H2,(H,42,43)/t29-,31+/m1/s1. The number of hydrogen-bond acceptors (Lipinski definition) is 7. The van der Waals surface area contributed by atoms with Gasteiger partial charge in [0.25, 0.3) is 5.91 Å². The molecular weight excluding hydrogens is 589 g/mol. The van der Waals surface area contributed by atoms with Crippen molar-refractivity contribution in [2.75, 3.05) is 24.5 Å². The maximum Gasteiger partial charge on any atom is 0.335 e. The van der Waals surface area contributed by atoms with Gasteiger partial charge in [0.05, 0.1) is 22.4 Å². The maximum absolute atomic E-state index is 14.7. The van der Waals surface area contributed by atoms with Gasteiger partial charge in [-0.2, -0.15) is 0 Å². The minimum atomic E-state index is -1.06. The summed E-state index contributed by atoms with van der Waals surface area (Å²) in [6.07, 6.45) is 0.440. The third-order valence-corrected chi connectivity index (χ3v) is 8.87. The van der Waals surface area contributed by atoms with E-state index >= 15 is 0 Å². The summed E-state index contributed by atoms with van der Waals surface area (Å²) in [7, 11) is 0. The van der Waals surface area contributed by atoms with E-state index in [4.69, 9.17) is 16.4 Å². The number of anilines is 1. The van der Waals surface area contributed by atoms with E-state index < -0.39 is 29.8 Å². The molecule has 9 nitrogen and oxygen atoms in total. The van der Waals surface area contributed by atoms with Crippen molar-refractivity contribution in [3.63, 3.8) is 0 Å². The van der Waals surface area contributed by atoms with Crippen LogP contribution in [0.2, 0.25) is 5.02 Å². The fourth-order valence-corrected chi connectivity index (χ4v) is 6.46. The Morgan fingerprint density at radius 1 is 1.00 bits per heavy atom. The molecule has 3 aromatic carbocycles. The van der Waals surface area contributed by atoms with Crippen molar-refractivity contribution in [1.82, 2.24) is 4.90 Å². The number of carbonyl (C=O) groups excluding carboxylic acids is 2. The van der Waals surface area contributed by atoms with Gasteiger partial charge in [-0.1, -0.05) is 47.1 Å². The van der Waals surface area contributed by atoms with Gasteiger partial charge < -0.3 is 24.9 Å². The van der Waals surface area contributed by atoms with Crippen molar-refractivity contribution in [3.05, 3.63) is 99.3 Å². The molecule has 1 fully saturated rings. The fourth-order valence-electron chi connectivity index (χ4n) is 6.28. The minimum Gasteiger partial charge on any atom is -0.478 e. The van der Waals surface area contributed by atoms with Crippen LogP contribution in [0.15, 0.2) is 65.8 Å². The van der Waals surface area contributed by atoms with E-state index in [0.29, 0.717) is 37.9 Å². The molecule has 3 aromatic rings. The Balaban J connectivity index is 1.30. The Kier molecular flexibility index (Phi) is 8.38. The molecule has 11 heteroatoms. The lowest BCUT2D eigenvalue weighted by molar-refractivity contribution is -0.149. The van der Waals surface area contributed by atoms with Crippen LogP contribution in [0.1, 0.15) is 57.9 Å². The monoisotopic (exact) mass is 619 g/mol. The molecule has 0 saturated carbocycles. The number of aromatic carboxylic acids is 1. The minimum absolute atomic E-state index is 0.0189. The van der Waals surface area contributed by atoms with Gasteiger partial charge in [0.1, 0.15) is 6.04 Å². The molecule has 2 atom stereocenters. The van der Waals surface area contributed by atoms with E-state index in [2.05, 4.69) is 10.1 Å². The third kappa shape index (κ3) is 5.79. The number of carboxylic acids is 1.